The van der Waals surface area contributed by atoms with Crippen molar-refractivity contribution in [3.63, 3.8) is 0 Å². The van der Waals surface area contributed by atoms with Crippen molar-refractivity contribution in [1.29, 1.82) is 0 Å². The van der Waals surface area contributed by atoms with E-state index in [1.165, 1.54) is 11.0 Å². The average Bonchev–Trinajstić information content (AvgIpc) is 3.38. The van der Waals surface area contributed by atoms with E-state index < -0.39 is 6.10 Å². The molecule has 2 aliphatic heterocycles. The molecule has 31 heavy (non-hydrogen) atoms. The number of likely N-dealkylation sites (tertiary alicyclic amines) is 1. The number of aromatic nitrogens is 4. The van der Waals surface area contributed by atoms with Crippen LogP contribution in [0.2, 0.25) is 0 Å². The molecule has 1 fully saturated rings. The summed E-state index contributed by atoms with van der Waals surface area (Å²) in [6.07, 6.45) is 3.93. The first kappa shape index (κ1) is 19.2. The number of anilines is 1. The van der Waals surface area contributed by atoms with Gasteiger partial charge in [0.15, 0.2) is 6.10 Å². The Hall–Kier alpha value is -3.75. The topological polar surface area (TPSA) is 93.5 Å². The number of amides is 2. The van der Waals surface area contributed by atoms with Crippen LogP contribution in [0, 0.1) is 0 Å². The average molecular weight is 418 g/mol. The van der Waals surface area contributed by atoms with Crippen molar-refractivity contribution in [2.75, 3.05) is 24.5 Å². The van der Waals surface area contributed by atoms with Gasteiger partial charge < -0.3 is 14.5 Å². The van der Waals surface area contributed by atoms with E-state index >= 15 is 0 Å². The van der Waals surface area contributed by atoms with Gasteiger partial charge in [0, 0.05) is 18.7 Å². The van der Waals surface area contributed by atoms with E-state index in [9.17, 15) is 9.59 Å². The third-order valence-corrected chi connectivity index (χ3v) is 5.69. The van der Waals surface area contributed by atoms with Crippen LogP contribution in [0.3, 0.4) is 0 Å². The molecule has 1 atom stereocenters. The third-order valence-electron chi connectivity index (χ3n) is 5.69. The van der Waals surface area contributed by atoms with Crippen molar-refractivity contribution in [1.82, 2.24) is 25.1 Å². The van der Waals surface area contributed by atoms with Crippen LogP contribution in [-0.2, 0) is 4.79 Å². The molecule has 2 aliphatic rings. The number of nitrogens with zero attached hydrogens (tertiary/aromatic N) is 6. The molecule has 0 spiro atoms. The second-order valence-corrected chi connectivity index (χ2v) is 7.68. The number of fused-ring (bicyclic) bond motifs is 1. The normalized spacial score (nSPS) is 18.3. The second-order valence-electron chi connectivity index (χ2n) is 7.68. The number of tetrazole rings is 1. The molecule has 2 amide bonds. The SMILES string of the molecule is O=C([C@@H]1CN(C(=O)c2ccc(-n3cnnn3)cc2)c2ccccc2O1)N1CCCCC1. The fourth-order valence-electron chi connectivity index (χ4n) is 4.07. The maximum absolute atomic E-state index is 13.4. The van der Waals surface area contributed by atoms with E-state index in [1.807, 2.05) is 23.1 Å². The first-order chi connectivity index (χ1) is 15.2. The van der Waals surface area contributed by atoms with Gasteiger partial charge in [-0.1, -0.05) is 12.1 Å². The van der Waals surface area contributed by atoms with Crippen LogP contribution >= 0.6 is 0 Å². The lowest BCUT2D eigenvalue weighted by Gasteiger charge is -2.37. The molecule has 0 N–H and O–H groups in total. The Balaban J connectivity index is 1.41. The van der Waals surface area contributed by atoms with Crippen LogP contribution in [0.25, 0.3) is 5.69 Å². The van der Waals surface area contributed by atoms with Crippen molar-refractivity contribution in [2.24, 2.45) is 0 Å². The number of rotatable bonds is 3. The quantitative estimate of drug-likeness (QED) is 0.647. The number of para-hydroxylation sites is 2. The molecule has 2 aromatic carbocycles. The first-order valence-corrected chi connectivity index (χ1v) is 10.4. The molecule has 3 aromatic rings. The summed E-state index contributed by atoms with van der Waals surface area (Å²) in [6, 6.07) is 14.4. The number of piperidine rings is 1. The maximum atomic E-state index is 13.4. The van der Waals surface area contributed by atoms with E-state index in [2.05, 4.69) is 15.5 Å². The van der Waals surface area contributed by atoms with Gasteiger partial charge >= 0.3 is 0 Å². The van der Waals surface area contributed by atoms with Crippen LogP contribution < -0.4 is 9.64 Å². The van der Waals surface area contributed by atoms with Gasteiger partial charge in [-0.2, -0.15) is 0 Å². The Morgan fingerprint density at radius 1 is 0.968 bits per heavy atom. The Kier molecular flexibility index (Phi) is 5.07. The Labute approximate surface area is 179 Å². The Morgan fingerprint density at radius 3 is 2.48 bits per heavy atom. The maximum Gasteiger partial charge on any atom is 0.265 e. The number of hydrogen-bond acceptors (Lipinski definition) is 6. The molecular weight excluding hydrogens is 396 g/mol. The zero-order valence-corrected chi connectivity index (χ0v) is 16.9. The van der Waals surface area contributed by atoms with E-state index in [4.69, 9.17) is 4.74 Å². The summed E-state index contributed by atoms with van der Waals surface area (Å²) in [5, 5.41) is 11.1. The van der Waals surface area contributed by atoms with Crippen LogP contribution in [0.15, 0.2) is 54.9 Å². The van der Waals surface area contributed by atoms with Gasteiger partial charge in [-0.05, 0) is 66.1 Å². The minimum atomic E-state index is -0.711. The first-order valence-electron chi connectivity index (χ1n) is 10.4. The van der Waals surface area contributed by atoms with Crippen LogP contribution in [-0.4, -0.2) is 62.7 Å². The zero-order chi connectivity index (χ0) is 21.2. The highest BCUT2D eigenvalue weighted by atomic mass is 16.5. The van der Waals surface area contributed by atoms with Crippen molar-refractivity contribution in [3.05, 3.63) is 60.4 Å². The molecule has 0 saturated carbocycles. The minimum absolute atomic E-state index is 0.0546. The number of ether oxygens (including phenoxy) is 1. The van der Waals surface area contributed by atoms with Crippen LogP contribution in [0.4, 0.5) is 5.69 Å². The summed E-state index contributed by atoms with van der Waals surface area (Å²) in [5.41, 5.74) is 1.93. The predicted molar refractivity (Wildman–Crippen MR) is 112 cm³/mol. The van der Waals surface area contributed by atoms with Gasteiger partial charge in [-0.25, -0.2) is 4.68 Å². The number of benzene rings is 2. The van der Waals surface area contributed by atoms with Gasteiger partial charge in [-0.3, -0.25) is 9.59 Å². The molecule has 3 heterocycles. The summed E-state index contributed by atoms with van der Waals surface area (Å²) >= 11 is 0. The standard InChI is InChI=1S/C22H22N6O3/c29-21(16-8-10-17(11-9-16)28-15-23-24-25-28)27-14-20(22(30)26-12-4-1-5-13-26)31-19-7-3-2-6-18(19)27/h2-3,6-11,15,20H,1,4-5,12-14H2/t20-/m0/s1. The molecule has 1 aromatic heterocycles. The highest BCUT2D eigenvalue weighted by Crippen LogP contribution is 2.34. The highest BCUT2D eigenvalue weighted by molar-refractivity contribution is 6.08. The molecule has 5 rings (SSSR count). The van der Waals surface area contributed by atoms with Crippen molar-refractivity contribution < 1.29 is 14.3 Å². The van der Waals surface area contributed by atoms with Crippen molar-refractivity contribution in [2.45, 2.75) is 25.4 Å². The molecule has 9 heteroatoms. The smallest absolute Gasteiger partial charge is 0.265 e. The van der Waals surface area contributed by atoms with Gasteiger partial charge in [-0.15, -0.1) is 5.10 Å². The lowest BCUT2D eigenvalue weighted by molar-refractivity contribution is -0.139. The molecule has 0 bridgehead atoms. The van der Waals surface area contributed by atoms with Crippen LogP contribution in [0.1, 0.15) is 29.6 Å². The molecule has 0 unspecified atom stereocenters. The second kappa shape index (κ2) is 8.17. The summed E-state index contributed by atoms with van der Waals surface area (Å²) in [6.45, 7) is 1.67. The van der Waals surface area contributed by atoms with E-state index in [0.29, 0.717) is 17.0 Å². The van der Waals surface area contributed by atoms with E-state index in [0.717, 1.165) is 38.0 Å². The molecule has 9 nitrogen and oxygen atoms in total. The largest absolute Gasteiger partial charge is 0.476 e. The number of carbonyl (C=O) groups is 2. The monoisotopic (exact) mass is 418 g/mol. The molecule has 158 valence electrons. The van der Waals surface area contributed by atoms with Gasteiger partial charge in [0.05, 0.1) is 17.9 Å². The molecule has 0 radical (unpaired) electrons. The van der Waals surface area contributed by atoms with E-state index in [-0.39, 0.29) is 18.4 Å². The summed E-state index contributed by atoms with van der Waals surface area (Å²) < 4.78 is 7.54. The lowest BCUT2D eigenvalue weighted by atomic mass is 10.1. The van der Waals surface area contributed by atoms with E-state index in [1.54, 1.807) is 35.2 Å². The fraction of sp³-hybridized carbons (Fsp3) is 0.318. The summed E-state index contributed by atoms with van der Waals surface area (Å²) in [7, 11) is 0. The van der Waals surface area contributed by atoms with Crippen molar-refractivity contribution >= 4 is 17.5 Å². The van der Waals surface area contributed by atoms with Gasteiger partial charge in [0.25, 0.3) is 11.8 Å². The zero-order valence-electron chi connectivity index (χ0n) is 16.9. The number of hydrogen-bond donors (Lipinski definition) is 0. The van der Waals surface area contributed by atoms with Crippen molar-refractivity contribution in [3.8, 4) is 11.4 Å². The van der Waals surface area contributed by atoms with Gasteiger partial charge in [0.1, 0.15) is 12.1 Å². The Bertz CT molecular complexity index is 1080. The number of carbonyl (C=O) groups excluding carboxylic acids is 2. The highest BCUT2D eigenvalue weighted by Gasteiger charge is 2.36. The fourth-order valence-corrected chi connectivity index (χ4v) is 4.07. The molecular formula is C22H22N6O3. The molecule has 0 aliphatic carbocycles. The third kappa shape index (κ3) is 3.74. The minimum Gasteiger partial charge on any atom is -0.476 e. The van der Waals surface area contributed by atoms with Crippen LogP contribution in [0.5, 0.6) is 5.75 Å². The van der Waals surface area contributed by atoms with Gasteiger partial charge in [0.2, 0.25) is 0 Å². The predicted octanol–water partition coefficient (Wildman–Crippen LogP) is 2.08. The summed E-state index contributed by atoms with van der Waals surface area (Å²) in [5.74, 6) is 0.305. The Morgan fingerprint density at radius 2 is 1.74 bits per heavy atom. The lowest BCUT2D eigenvalue weighted by Crippen LogP contribution is -2.52. The molecule has 1 saturated heterocycles. The summed E-state index contributed by atoms with van der Waals surface area (Å²) in [4.78, 5) is 30.0.